The molecule has 104 valence electrons. The van der Waals surface area contributed by atoms with Gasteiger partial charge in [-0.05, 0) is 31.2 Å². The zero-order chi connectivity index (χ0) is 14.7. The van der Waals surface area contributed by atoms with Gasteiger partial charge in [0.25, 0.3) is 0 Å². The Morgan fingerprint density at radius 1 is 1.35 bits per heavy atom. The van der Waals surface area contributed by atoms with Crippen molar-refractivity contribution >= 4 is 23.4 Å². The number of rotatable bonds is 4. The van der Waals surface area contributed by atoms with Crippen molar-refractivity contribution in [2.75, 3.05) is 11.1 Å². The first kappa shape index (κ1) is 13.6. The van der Waals surface area contributed by atoms with Crippen LogP contribution in [0.1, 0.15) is 16.1 Å². The van der Waals surface area contributed by atoms with Gasteiger partial charge in [-0.25, -0.2) is 4.79 Å². The normalized spacial score (nSPS) is 10.2. The highest BCUT2D eigenvalue weighted by Crippen LogP contribution is 2.10. The summed E-state index contributed by atoms with van der Waals surface area (Å²) in [7, 11) is 0. The lowest BCUT2D eigenvalue weighted by atomic mass is 10.2. The highest BCUT2D eigenvalue weighted by molar-refractivity contribution is 5.92. The maximum atomic E-state index is 11.8. The molecule has 2 aromatic rings. The molecule has 7 nitrogen and oxygen atoms in total. The van der Waals surface area contributed by atoms with Crippen LogP contribution in [0, 0.1) is 6.92 Å². The molecule has 7 heteroatoms. The van der Waals surface area contributed by atoms with Crippen LogP contribution in [0.25, 0.3) is 0 Å². The SMILES string of the molecule is Cc1cc(N)nn1CC(=O)Nc1ccc(C(=O)O)cc1. The molecule has 0 saturated heterocycles. The minimum atomic E-state index is -1.01. The van der Waals surface area contributed by atoms with Gasteiger partial charge < -0.3 is 16.2 Å². The summed E-state index contributed by atoms with van der Waals surface area (Å²) in [4.78, 5) is 22.5. The third-order valence-electron chi connectivity index (χ3n) is 2.71. The number of benzene rings is 1. The molecule has 0 spiro atoms. The van der Waals surface area contributed by atoms with Crippen LogP contribution in [0.4, 0.5) is 11.5 Å². The van der Waals surface area contributed by atoms with Crippen LogP contribution in [0.2, 0.25) is 0 Å². The fraction of sp³-hybridized carbons (Fsp3) is 0.154. The lowest BCUT2D eigenvalue weighted by Crippen LogP contribution is -2.20. The van der Waals surface area contributed by atoms with Crippen molar-refractivity contribution in [3.8, 4) is 0 Å². The Bertz CT molecular complexity index is 646. The number of carboxylic acids is 1. The average molecular weight is 274 g/mol. The molecule has 2 rings (SSSR count). The number of nitrogens with one attached hydrogen (secondary N) is 1. The maximum Gasteiger partial charge on any atom is 0.335 e. The van der Waals surface area contributed by atoms with Gasteiger partial charge >= 0.3 is 5.97 Å². The van der Waals surface area contributed by atoms with Crippen molar-refractivity contribution in [3.63, 3.8) is 0 Å². The summed E-state index contributed by atoms with van der Waals surface area (Å²) in [6.07, 6.45) is 0. The number of aromatic carboxylic acids is 1. The van der Waals surface area contributed by atoms with E-state index in [4.69, 9.17) is 10.8 Å². The first-order chi connectivity index (χ1) is 9.45. The van der Waals surface area contributed by atoms with E-state index in [9.17, 15) is 9.59 Å². The van der Waals surface area contributed by atoms with Gasteiger partial charge in [-0.15, -0.1) is 0 Å². The lowest BCUT2D eigenvalue weighted by Gasteiger charge is -2.07. The van der Waals surface area contributed by atoms with Crippen molar-refractivity contribution in [3.05, 3.63) is 41.6 Å². The van der Waals surface area contributed by atoms with Crippen LogP contribution < -0.4 is 11.1 Å². The maximum absolute atomic E-state index is 11.8. The van der Waals surface area contributed by atoms with Gasteiger partial charge in [-0.2, -0.15) is 5.10 Å². The summed E-state index contributed by atoms with van der Waals surface area (Å²) in [5.41, 5.74) is 7.02. The summed E-state index contributed by atoms with van der Waals surface area (Å²) in [6.45, 7) is 1.85. The second-order valence-corrected chi connectivity index (χ2v) is 4.30. The molecule has 0 radical (unpaired) electrons. The Morgan fingerprint density at radius 3 is 2.50 bits per heavy atom. The molecule has 20 heavy (non-hydrogen) atoms. The molecule has 1 amide bonds. The van der Waals surface area contributed by atoms with Crippen LogP contribution in [0.3, 0.4) is 0 Å². The van der Waals surface area contributed by atoms with Gasteiger partial charge in [-0.1, -0.05) is 0 Å². The van der Waals surface area contributed by atoms with Crippen LogP contribution in [-0.2, 0) is 11.3 Å². The number of hydrogen-bond acceptors (Lipinski definition) is 4. The number of carbonyl (C=O) groups is 2. The van der Waals surface area contributed by atoms with Gasteiger partial charge in [0.15, 0.2) is 0 Å². The molecule has 4 N–H and O–H groups in total. The fourth-order valence-electron chi connectivity index (χ4n) is 1.73. The topological polar surface area (TPSA) is 110 Å². The van der Waals surface area contributed by atoms with E-state index in [0.29, 0.717) is 11.5 Å². The standard InChI is InChI=1S/C13H14N4O3/c1-8-6-11(14)16-17(8)7-12(18)15-10-4-2-9(3-5-10)13(19)20/h2-6H,7H2,1H3,(H2,14,16)(H,15,18)(H,19,20). The second-order valence-electron chi connectivity index (χ2n) is 4.30. The van der Waals surface area contributed by atoms with Crippen LogP contribution in [-0.4, -0.2) is 26.8 Å². The summed E-state index contributed by atoms with van der Waals surface area (Å²) in [5, 5.41) is 15.4. The van der Waals surface area contributed by atoms with Gasteiger partial charge in [0, 0.05) is 17.4 Å². The first-order valence-electron chi connectivity index (χ1n) is 5.89. The van der Waals surface area contributed by atoms with Crippen molar-refractivity contribution in [1.29, 1.82) is 0 Å². The van der Waals surface area contributed by atoms with Gasteiger partial charge in [-0.3, -0.25) is 9.48 Å². The Hall–Kier alpha value is -2.83. The van der Waals surface area contributed by atoms with E-state index >= 15 is 0 Å². The van der Waals surface area contributed by atoms with E-state index in [1.54, 1.807) is 13.0 Å². The smallest absolute Gasteiger partial charge is 0.335 e. The zero-order valence-corrected chi connectivity index (χ0v) is 10.8. The van der Waals surface area contributed by atoms with E-state index in [2.05, 4.69) is 10.4 Å². The minimum Gasteiger partial charge on any atom is -0.478 e. The molecular formula is C13H14N4O3. The molecule has 1 aromatic heterocycles. The number of nitrogen functional groups attached to an aromatic ring is 1. The number of hydrogen-bond donors (Lipinski definition) is 3. The number of carbonyl (C=O) groups excluding carboxylic acids is 1. The third kappa shape index (κ3) is 3.14. The number of nitrogens with two attached hydrogens (primary N) is 1. The highest BCUT2D eigenvalue weighted by atomic mass is 16.4. The predicted octanol–water partition coefficient (Wildman–Crippen LogP) is 1.11. The summed E-state index contributed by atoms with van der Waals surface area (Å²) in [6, 6.07) is 7.59. The number of aromatic nitrogens is 2. The van der Waals surface area contributed by atoms with Crippen molar-refractivity contribution in [2.45, 2.75) is 13.5 Å². The molecule has 0 aliphatic carbocycles. The number of anilines is 2. The lowest BCUT2D eigenvalue weighted by molar-refractivity contribution is -0.116. The molecule has 0 unspecified atom stereocenters. The van der Waals surface area contributed by atoms with Crippen LogP contribution in [0.5, 0.6) is 0 Å². The largest absolute Gasteiger partial charge is 0.478 e. The van der Waals surface area contributed by atoms with Gasteiger partial charge in [0.2, 0.25) is 5.91 Å². The Balaban J connectivity index is 2.01. The van der Waals surface area contributed by atoms with E-state index in [-0.39, 0.29) is 18.0 Å². The Morgan fingerprint density at radius 2 is 2.00 bits per heavy atom. The molecule has 0 aliphatic rings. The molecule has 1 heterocycles. The molecule has 0 fully saturated rings. The monoisotopic (exact) mass is 274 g/mol. The van der Waals surface area contributed by atoms with Crippen molar-refractivity contribution in [2.24, 2.45) is 0 Å². The third-order valence-corrected chi connectivity index (χ3v) is 2.71. The minimum absolute atomic E-state index is 0.0454. The number of aryl methyl sites for hydroxylation is 1. The molecule has 0 saturated carbocycles. The van der Waals surface area contributed by atoms with Crippen molar-refractivity contribution in [1.82, 2.24) is 9.78 Å². The number of amides is 1. The molecule has 0 atom stereocenters. The zero-order valence-electron chi connectivity index (χ0n) is 10.8. The number of carboxylic acid groups (broad SMARTS) is 1. The van der Waals surface area contributed by atoms with E-state index in [0.717, 1.165) is 5.69 Å². The molecule has 1 aromatic carbocycles. The van der Waals surface area contributed by atoms with E-state index in [1.807, 2.05) is 0 Å². The molecule has 0 bridgehead atoms. The van der Waals surface area contributed by atoms with Crippen LogP contribution in [0.15, 0.2) is 30.3 Å². The van der Waals surface area contributed by atoms with E-state index < -0.39 is 5.97 Å². The van der Waals surface area contributed by atoms with E-state index in [1.165, 1.54) is 28.9 Å². The highest BCUT2D eigenvalue weighted by Gasteiger charge is 2.08. The fourth-order valence-corrected chi connectivity index (χ4v) is 1.73. The van der Waals surface area contributed by atoms with Crippen molar-refractivity contribution < 1.29 is 14.7 Å². The predicted molar refractivity (Wildman–Crippen MR) is 73.4 cm³/mol. The molecular weight excluding hydrogens is 260 g/mol. The van der Waals surface area contributed by atoms with Gasteiger partial charge in [0.05, 0.1) is 5.56 Å². The summed E-state index contributed by atoms with van der Waals surface area (Å²) >= 11 is 0. The first-order valence-corrected chi connectivity index (χ1v) is 5.89. The summed E-state index contributed by atoms with van der Waals surface area (Å²) in [5.74, 6) is -0.911. The Labute approximate surface area is 115 Å². The van der Waals surface area contributed by atoms with Gasteiger partial charge in [0.1, 0.15) is 12.4 Å². The quantitative estimate of drug-likeness (QED) is 0.773. The second kappa shape index (κ2) is 5.43. The Kier molecular flexibility index (Phi) is 3.69. The van der Waals surface area contributed by atoms with Crippen LogP contribution >= 0.6 is 0 Å². The average Bonchev–Trinajstić information content (AvgIpc) is 2.68. The number of nitrogens with zero attached hydrogens (tertiary/aromatic N) is 2. The summed E-state index contributed by atoms with van der Waals surface area (Å²) < 4.78 is 1.50. The molecule has 0 aliphatic heterocycles.